The highest BCUT2D eigenvalue weighted by atomic mass is 14.9. The molecule has 0 spiro atoms. The summed E-state index contributed by atoms with van der Waals surface area (Å²) in [6.45, 7) is 4.34. The van der Waals surface area contributed by atoms with E-state index in [1.165, 1.54) is 22.2 Å². The van der Waals surface area contributed by atoms with E-state index in [0.717, 1.165) is 6.42 Å². The van der Waals surface area contributed by atoms with Crippen molar-refractivity contribution in [1.82, 2.24) is 10.3 Å². The molecule has 80 valence electrons. The Morgan fingerprint density at radius 1 is 1.40 bits per heavy atom. The number of para-hydroxylation sites is 1. The molecule has 1 aromatic carbocycles. The van der Waals surface area contributed by atoms with E-state index in [9.17, 15) is 0 Å². The Labute approximate surface area is 90.7 Å². The average Bonchev–Trinajstić information content (AvgIpc) is 2.62. The van der Waals surface area contributed by atoms with E-state index in [2.05, 4.69) is 48.4 Å². The van der Waals surface area contributed by atoms with Crippen molar-refractivity contribution in [3.63, 3.8) is 0 Å². The van der Waals surface area contributed by atoms with E-state index in [0.29, 0.717) is 6.04 Å². The van der Waals surface area contributed by atoms with Crippen LogP contribution in [0.3, 0.4) is 0 Å². The molecule has 1 unspecified atom stereocenters. The van der Waals surface area contributed by atoms with E-state index in [1.807, 2.05) is 7.05 Å². The first-order chi connectivity index (χ1) is 7.20. The molecule has 2 N–H and O–H groups in total. The molecule has 0 aliphatic rings. The molecule has 2 nitrogen and oxygen atoms in total. The van der Waals surface area contributed by atoms with E-state index in [-0.39, 0.29) is 0 Å². The highest BCUT2D eigenvalue weighted by molar-refractivity contribution is 5.83. The zero-order valence-electron chi connectivity index (χ0n) is 9.59. The Bertz CT molecular complexity index is 457. The quantitative estimate of drug-likeness (QED) is 0.786. The van der Waals surface area contributed by atoms with Gasteiger partial charge in [-0.25, -0.2) is 0 Å². The number of aromatic amines is 1. The number of hydrogen-bond acceptors (Lipinski definition) is 1. The van der Waals surface area contributed by atoms with Crippen LogP contribution in [0, 0.1) is 6.92 Å². The SMILES string of the molecule is CNC(C)Cc1cc2cccc(C)c2[nH]1. The average molecular weight is 202 g/mol. The predicted octanol–water partition coefficient (Wildman–Crippen LogP) is 2.63. The number of hydrogen-bond donors (Lipinski definition) is 2. The highest BCUT2D eigenvalue weighted by Crippen LogP contribution is 2.19. The fraction of sp³-hybridized carbons (Fsp3) is 0.385. The molecular weight excluding hydrogens is 184 g/mol. The lowest BCUT2D eigenvalue weighted by molar-refractivity contribution is 0.603. The molecule has 0 amide bonds. The van der Waals surface area contributed by atoms with Gasteiger partial charge in [-0.15, -0.1) is 0 Å². The smallest absolute Gasteiger partial charge is 0.0485 e. The van der Waals surface area contributed by atoms with Crippen molar-refractivity contribution in [2.24, 2.45) is 0 Å². The molecule has 0 fully saturated rings. The van der Waals surface area contributed by atoms with Crippen molar-refractivity contribution in [2.45, 2.75) is 26.3 Å². The topological polar surface area (TPSA) is 27.8 Å². The molecule has 2 aromatic rings. The van der Waals surface area contributed by atoms with Crippen LogP contribution in [0.2, 0.25) is 0 Å². The summed E-state index contributed by atoms with van der Waals surface area (Å²) in [6.07, 6.45) is 1.05. The summed E-state index contributed by atoms with van der Waals surface area (Å²) in [4.78, 5) is 3.49. The molecule has 0 saturated carbocycles. The molecular formula is C13H18N2. The van der Waals surface area contributed by atoms with E-state index >= 15 is 0 Å². The monoisotopic (exact) mass is 202 g/mol. The van der Waals surface area contributed by atoms with Crippen LogP contribution in [0.25, 0.3) is 10.9 Å². The number of benzene rings is 1. The number of aryl methyl sites for hydroxylation is 1. The van der Waals surface area contributed by atoms with E-state index in [4.69, 9.17) is 0 Å². The van der Waals surface area contributed by atoms with Crippen molar-refractivity contribution in [3.8, 4) is 0 Å². The second-order valence-corrected chi connectivity index (χ2v) is 4.23. The number of likely N-dealkylation sites (N-methyl/N-ethyl adjacent to an activating group) is 1. The molecule has 0 radical (unpaired) electrons. The van der Waals surface area contributed by atoms with Crippen molar-refractivity contribution >= 4 is 10.9 Å². The third kappa shape index (κ3) is 2.05. The Morgan fingerprint density at radius 2 is 2.20 bits per heavy atom. The van der Waals surface area contributed by atoms with Gasteiger partial charge in [0.15, 0.2) is 0 Å². The summed E-state index contributed by atoms with van der Waals surface area (Å²) in [6, 6.07) is 9.17. The normalized spacial score (nSPS) is 13.3. The predicted molar refractivity (Wildman–Crippen MR) is 65.3 cm³/mol. The Kier molecular flexibility index (Phi) is 2.78. The van der Waals surface area contributed by atoms with Gasteiger partial charge in [0.1, 0.15) is 0 Å². The number of aromatic nitrogens is 1. The fourth-order valence-electron chi connectivity index (χ4n) is 1.91. The maximum Gasteiger partial charge on any atom is 0.0485 e. The zero-order valence-corrected chi connectivity index (χ0v) is 9.59. The third-order valence-electron chi connectivity index (χ3n) is 2.94. The van der Waals surface area contributed by atoms with Crippen LogP contribution in [0.5, 0.6) is 0 Å². The minimum Gasteiger partial charge on any atom is -0.358 e. The van der Waals surface area contributed by atoms with Gasteiger partial charge < -0.3 is 10.3 Å². The standard InChI is InChI=1S/C13H18N2/c1-9-5-4-6-11-8-12(15-13(9)11)7-10(2)14-3/h4-6,8,10,14-15H,7H2,1-3H3. The fourth-order valence-corrected chi connectivity index (χ4v) is 1.91. The first-order valence-corrected chi connectivity index (χ1v) is 5.45. The maximum atomic E-state index is 3.49. The highest BCUT2D eigenvalue weighted by Gasteiger charge is 2.05. The van der Waals surface area contributed by atoms with Crippen molar-refractivity contribution in [1.29, 1.82) is 0 Å². The molecule has 1 heterocycles. The number of fused-ring (bicyclic) bond motifs is 1. The van der Waals surface area contributed by atoms with Crippen LogP contribution >= 0.6 is 0 Å². The molecule has 0 aliphatic heterocycles. The summed E-state index contributed by atoms with van der Waals surface area (Å²) >= 11 is 0. The molecule has 2 rings (SSSR count). The van der Waals surface area contributed by atoms with Gasteiger partial charge in [-0.05, 0) is 37.9 Å². The molecule has 1 atom stereocenters. The third-order valence-corrected chi connectivity index (χ3v) is 2.94. The van der Waals surface area contributed by atoms with E-state index < -0.39 is 0 Å². The van der Waals surface area contributed by atoms with Crippen LogP contribution in [0.4, 0.5) is 0 Å². The summed E-state index contributed by atoms with van der Waals surface area (Å²) < 4.78 is 0. The largest absolute Gasteiger partial charge is 0.358 e. The van der Waals surface area contributed by atoms with Crippen LogP contribution in [0.15, 0.2) is 24.3 Å². The lowest BCUT2D eigenvalue weighted by Gasteiger charge is -2.07. The Morgan fingerprint density at radius 3 is 2.87 bits per heavy atom. The first kappa shape index (κ1) is 10.2. The van der Waals surface area contributed by atoms with Crippen molar-refractivity contribution in [2.75, 3.05) is 7.05 Å². The summed E-state index contributed by atoms with van der Waals surface area (Å²) in [7, 11) is 2.00. The lowest BCUT2D eigenvalue weighted by atomic mass is 10.1. The summed E-state index contributed by atoms with van der Waals surface area (Å²) in [5.74, 6) is 0. The van der Waals surface area contributed by atoms with E-state index in [1.54, 1.807) is 0 Å². The second-order valence-electron chi connectivity index (χ2n) is 4.23. The van der Waals surface area contributed by atoms with Gasteiger partial charge in [-0.3, -0.25) is 0 Å². The summed E-state index contributed by atoms with van der Waals surface area (Å²) in [5, 5.41) is 4.57. The number of nitrogens with one attached hydrogen (secondary N) is 2. The molecule has 0 bridgehead atoms. The zero-order chi connectivity index (χ0) is 10.8. The van der Waals surface area contributed by atoms with Gasteiger partial charge in [-0.1, -0.05) is 18.2 Å². The maximum absolute atomic E-state index is 3.49. The lowest BCUT2D eigenvalue weighted by Crippen LogP contribution is -2.23. The molecule has 15 heavy (non-hydrogen) atoms. The van der Waals surface area contributed by atoms with Crippen LogP contribution in [-0.2, 0) is 6.42 Å². The van der Waals surface area contributed by atoms with Crippen LogP contribution in [0.1, 0.15) is 18.2 Å². The van der Waals surface area contributed by atoms with Gasteiger partial charge in [0.2, 0.25) is 0 Å². The molecule has 0 saturated heterocycles. The molecule has 0 aliphatic carbocycles. The molecule has 2 heteroatoms. The van der Waals surface area contributed by atoms with Gasteiger partial charge in [0, 0.05) is 23.7 Å². The minimum atomic E-state index is 0.512. The van der Waals surface area contributed by atoms with Crippen molar-refractivity contribution < 1.29 is 0 Å². The Balaban J connectivity index is 2.35. The minimum absolute atomic E-state index is 0.512. The molecule has 1 aromatic heterocycles. The second kappa shape index (κ2) is 4.07. The summed E-state index contributed by atoms with van der Waals surface area (Å²) in [5.41, 5.74) is 3.90. The van der Waals surface area contributed by atoms with Crippen molar-refractivity contribution in [3.05, 3.63) is 35.5 Å². The van der Waals surface area contributed by atoms with Crippen LogP contribution in [-0.4, -0.2) is 18.1 Å². The number of rotatable bonds is 3. The Hall–Kier alpha value is -1.28. The van der Waals surface area contributed by atoms with Gasteiger partial charge in [0.25, 0.3) is 0 Å². The van der Waals surface area contributed by atoms with Gasteiger partial charge in [-0.2, -0.15) is 0 Å². The van der Waals surface area contributed by atoms with Gasteiger partial charge in [0.05, 0.1) is 0 Å². The first-order valence-electron chi connectivity index (χ1n) is 5.45. The van der Waals surface area contributed by atoms with Crippen LogP contribution < -0.4 is 5.32 Å². The number of H-pyrrole nitrogens is 1. The van der Waals surface area contributed by atoms with Gasteiger partial charge >= 0.3 is 0 Å².